The number of rotatable bonds is 24. The van der Waals surface area contributed by atoms with E-state index >= 15 is 0 Å². The SMILES string of the molecule is C(#Cc1cc(CP(c2ccccc2)c2ccccc2)cc(CP(c2ccccc2)c2ccccc2)c1)c1cc(C#Cc2cc(CP(c3ccccc3)c3ccccc3)cc(CP(c3ccccc3)c3ccccc3)c2)cc(C#Cc2cc(CP(c3ccccc3)c3ccccc3)cc(CP(c3ccccc3)c3ccccc3)c2)c1. The van der Waals surface area contributed by atoms with E-state index in [1.165, 1.54) is 97.0 Å². The van der Waals surface area contributed by atoms with Gasteiger partial charge in [0.05, 0.1) is 0 Å². The first-order chi connectivity index (χ1) is 56.4. The number of hydrogen-bond acceptors (Lipinski definition) is 0. The minimum absolute atomic E-state index is 0.752. The molecule has 114 heavy (non-hydrogen) atoms. The minimum atomic E-state index is -0.752. The molecule has 0 aromatic heterocycles. The Hall–Kier alpha value is -11.2. The highest BCUT2D eigenvalue weighted by Crippen LogP contribution is 2.45. The topological polar surface area (TPSA) is 0 Å². The average Bonchev–Trinajstić information content (AvgIpc) is 0.817. The molecule has 0 fully saturated rings. The van der Waals surface area contributed by atoms with E-state index in [0.717, 1.165) is 70.4 Å². The Balaban J connectivity index is 0.848. The van der Waals surface area contributed by atoms with Gasteiger partial charge in [-0.1, -0.05) is 418 Å². The Morgan fingerprint density at radius 3 is 0.342 bits per heavy atom. The molecule has 0 aliphatic heterocycles. The predicted octanol–water partition coefficient (Wildman–Crippen LogP) is 21.7. The quantitative estimate of drug-likeness (QED) is 0.0418. The molecule has 546 valence electrons. The average molecular weight is 1570 g/mol. The maximum Gasteiger partial charge on any atom is 0.0273 e. The van der Waals surface area contributed by atoms with Crippen LogP contribution in [0.2, 0.25) is 0 Å². The predicted molar refractivity (Wildman–Crippen MR) is 500 cm³/mol. The van der Waals surface area contributed by atoms with Crippen molar-refractivity contribution in [3.05, 3.63) is 504 Å². The molecule has 0 aliphatic rings. The Kier molecular flexibility index (Phi) is 26.3. The second-order valence-electron chi connectivity index (χ2n) is 28.2. The first kappa shape index (κ1) is 76.8. The summed E-state index contributed by atoms with van der Waals surface area (Å²) >= 11 is 0. The summed E-state index contributed by atoms with van der Waals surface area (Å²) in [6.45, 7) is 0. The van der Waals surface area contributed by atoms with Crippen LogP contribution in [0.4, 0.5) is 0 Å². The fraction of sp³-hybridized carbons (Fsp3) is 0.0556. The lowest BCUT2D eigenvalue weighted by atomic mass is 10.0. The number of benzene rings is 16. The molecule has 0 aliphatic carbocycles. The zero-order chi connectivity index (χ0) is 76.7. The van der Waals surface area contributed by atoms with Crippen molar-refractivity contribution >= 4 is 111 Å². The Labute approximate surface area is 682 Å². The summed E-state index contributed by atoms with van der Waals surface area (Å²) < 4.78 is 0. The van der Waals surface area contributed by atoms with Gasteiger partial charge >= 0.3 is 0 Å². The largest absolute Gasteiger partial charge is 0.0622 e. The first-order valence-corrected chi connectivity index (χ1v) is 48.0. The molecule has 0 N–H and O–H groups in total. The van der Waals surface area contributed by atoms with Gasteiger partial charge in [-0.2, -0.15) is 0 Å². The molecule has 0 unspecified atom stereocenters. The van der Waals surface area contributed by atoms with E-state index in [4.69, 9.17) is 0 Å². The molecule has 0 heterocycles. The summed E-state index contributed by atoms with van der Waals surface area (Å²) in [5.41, 5.74) is 13.2. The summed E-state index contributed by atoms with van der Waals surface area (Å²) in [5, 5.41) is 16.3. The Bertz CT molecular complexity index is 4840. The van der Waals surface area contributed by atoms with Crippen LogP contribution in [-0.2, 0) is 37.0 Å². The summed E-state index contributed by atoms with van der Waals surface area (Å²) in [6.07, 6.45) is 5.24. The lowest BCUT2D eigenvalue weighted by Crippen LogP contribution is -2.14. The van der Waals surface area contributed by atoms with Crippen molar-refractivity contribution in [3.63, 3.8) is 0 Å². The van der Waals surface area contributed by atoms with Gasteiger partial charge in [-0.05, 0) is 199 Å². The zero-order valence-corrected chi connectivity index (χ0v) is 68.9. The molecule has 0 amide bonds. The second kappa shape index (κ2) is 39.0. The van der Waals surface area contributed by atoms with Crippen LogP contribution in [0.3, 0.4) is 0 Å². The third-order valence-corrected chi connectivity index (χ3v) is 35.1. The molecule has 0 atom stereocenters. The normalized spacial score (nSPS) is 11.1. The van der Waals surface area contributed by atoms with Gasteiger partial charge in [0.15, 0.2) is 0 Å². The lowest BCUT2D eigenvalue weighted by Gasteiger charge is -2.22. The molecular formula is C108H84P6. The second-order valence-corrected chi connectivity index (χ2v) is 41.4. The Morgan fingerprint density at radius 1 is 0.123 bits per heavy atom. The van der Waals surface area contributed by atoms with E-state index in [-0.39, 0.29) is 0 Å². The van der Waals surface area contributed by atoms with E-state index in [1.54, 1.807) is 0 Å². The molecule has 16 rings (SSSR count). The van der Waals surface area contributed by atoms with Crippen molar-refractivity contribution in [2.45, 2.75) is 37.0 Å². The van der Waals surface area contributed by atoms with Crippen LogP contribution in [0.1, 0.15) is 66.8 Å². The molecule has 0 radical (unpaired) electrons. The van der Waals surface area contributed by atoms with E-state index in [9.17, 15) is 0 Å². The van der Waals surface area contributed by atoms with Gasteiger partial charge in [0.2, 0.25) is 0 Å². The Morgan fingerprint density at radius 2 is 0.228 bits per heavy atom. The van der Waals surface area contributed by atoms with E-state index in [1.807, 2.05) is 0 Å². The maximum atomic E-state index is 3.83. The highest BCUT2D eigenvalue weighted by molar-refractivity contribution is 7.74. The van der Waals surface area contributed by atoms with Gasteiger partial charge in [-0.25, -0.2) is 0 Å². The molecule has 0 saturated carbocycles. The van der Waals surface area contributed by atoms with Gasteiger partial charge in [0.1, 0.15) is 0 Å². The van der Waals surface area contributed by atoms with Crippen molar-refractivity contribution < 1.29 is 0 Å². The van der Waals surface area contributed by atoms with E-state index < -0.39 is 47.5 Å². The third kappa shape index (κ3) is 20.8. The minimum Gasteiger partial charge on any atom is -0.0622 e. The van der Waals surface area contributed by atoms with Crippen molar-refractivity contribution in [3.8, 4) is 35.5 Å². The van der Waals surface area contributed by atoms with Crippen molar-refractivity contribution in [2.75, 3.05) is 0 Å². The standard InChI is InChI=1S/C108H84P6/c1-13-37-97(38-14-1)109(98-39-15-2-16-40-98)79-91-70-88(71-92(76-91)80-110(99-41-17-3-18-42-99)100-43-19-4-20-44-100)64-61-85-67-86(62-65-89-72-93(81-111(101-45-21-5-22-46-101)102-47-23-6-24-48-102)77-94(73-89)82-112(103-49-25-7-26-50-103)104-51-27-8-28-52-104)69-87(68-85)63-66-90-74-95(83-113(105-53-29-9-30-54-105)106-55-31-10-32-56-106)78-96(75-90)84-114(107-57-33-11-34-58-107)108-59-35-12-36-60-108/h1-60,67-78H,79-84H2. The summed E-state index contributed by atoms with van der Waals surface area (Å²) in [7, 11) is -4.51. The van der Waals surface area contributed by atoms with Crippen molar-refractivity contribution in [1.82, 2.24) is 0 Å². The monoisotopic (exact) mass is 1570 g/mol. The van der Waals surface area contributed by atoms with Gasteiger partial charge < -0.3 is 0 Å². The maximum absolute atomic E-state index is 3.83. The van der Waals surface area contributed by atoms with Crippen LogP contribution in [0.25, 0.3) is 0 Å². The number of hydrogen-bond donors (Lipinski definition) is 0. The molecule has 0 bridgehead atoms. The molecular weight excluding hydrogens is 1480 g/mol. The van der Waals surface area contributed by atoms with Crippen LogP contribution in [0.5, 0.6) is 0 Å². The zero-order valence-electron chi connectivity index (χ0n) is 63.5. The van der Waals surface area contributed by atoms with E-state index in [0.29, 0.717) is 0 Å². The first-order valence-electron chi connectivity index (χ1n) is 38.8. The summed E-state index contributed by atoms with van der Waals surface area (Å²) in [5.74, 6) is 22.9. The molecule has 16 aromatic carbocycles. The molecule has 0 nitrogen and oxygen atoms in total. The molecule has 0 spiro atoms. The van der Waals surface area contributed by atoms with Gasteiger partial charge in [-0.3, -0.25) is 0 Å². The van der Waals surface area contributed by atoms with Gasteiger partial charge in [0.25, 0.3) is 0 Å². The van der Waals surface area contributed by atoms with Gasteiger partial charge in [0, 0.05) is 70.4 Å². The lowest BCUT2D eigenvalue weighted by molar-refractivity contribution is 1.31. The van der Waals surface area contributed by atoms with Crippen molar-refractivity contribution in [1.29, 1.82) is 0 Å². The highest BCUT2D eigenvalue weighted by Gasteiger charge is 2.23. The molecule has 0 saturated heterocycles. The fourth-order valence-corrected chi connectivity index (χ4v) is 28.4. The van der Waals surface area contributed by atoms with Gasteiger partial charge in [-0.15, -0.1) is 0 Å². The van der Waals surface area contributed by atoms with Crippen LogP contribution >= 0.6 is 47.5 Å². The van der Waals surface area contributed by atoms with Crippen molar-refractivity contribution in [2.24, 2.45) is 0 Å². The van der Waals surface area contributed by atoms with Crippen LogP contribution < -0.4 is 63.7 Å². The summed E-state index contributed by atoms with van der Waals surface area (Å²) in [4.78, 5) is 0. The highest BCUT2D eigenvalue weighted by atomic mass is 31.1. The van der Waals surface area contributed by atoms with Crippen LogP contribution in [0.15, 0.2) is 437 Å². The molecule has 6 heteroatoms. The van der Waals surface area contributed by atoms with E-state index in [2.05, 4.69) is 472 Å². The smallest absolute Gasteiger partial charge is 0.0273 e. The molecule has 16 aromatic rings. The summed E-state index contributed by atoms with van der Waals surface area (Å²) in [6, 6.07) is 161. The van der Waals surface area contributed by atoms with Crippen LogP contribution in [0, 0.1) is 35.5 Å². The third-order valence-electron chi connectivity index (χ3n) is 20.0. The fourth-order valence-electron chi connectivity index (χ4n) is 14.7. The van der Waals surface area contributed by atoms with Crippen LogP contribution in [-0.4, -0.2) is 0 Å².